The fourth-order valence-electron chi connectivity index (χ4n) is 3.69. The summed E-state index contributed by atoms with van der Waals surface area (Å²) in [5.74, 6) is -0.622. The lowest BCUT2D eigenvalue weighted by Crippen LogP contribution is -2.39. The van der Waals surface area contributed by atoms with E-state index in [0.29, 0.717) is 40.7 Å². The molecule has 0 atom stereocenters. The molecule has 1 saturated heterocycles. The van der Waals surface area contributed by atoms with Gasteiger partial charge >= 0.3 is 0 Å². The van der Waals surface area contributed by atoms with Gasteiger partial charge in [-0.1, -0.05) is 18.3 Å². The normalized spacial score (nSPS) is 14.6. The van der Waals surface area contributed by atoms with Gasteiger partial charge in [-0.15, -0.1) is 12.4 Å². The number of fused-ring (bicyclic) bond motifs is 1. The van der Waals surface area contributed by atoms with Crippen LogP contribution >= 0.6 is 23.7 Å². The van der Waals surface area contributed by atoms with E-state index in [4.69, 9.17) is 4.74 Å². The molecule has 1 fully saturated rings. The lowest BCUT2D eigenvalue weighted by atomic mass is 10.2. The number of nitrogens with zero attached hydrogens (tertiary/aromatic N) is 3. The zero-order valence-corrected chi connectivity index (χ0v) is 21.2. The first-order valence-corrected chi connectivity index (χ1v) is 13.3. The van der Waals surface area contributed by atoms with Gasteiger partial charge in [-0.05, 0) is 48.9 Å². The molecule has 1 aliphatic heterocycles. The van der Waals surface area contributed by atoms with Crippen LogP contribution in [0.1, 0.15) is 23.7 Å². The van der Waals surface area contributed by atoms with Gasteiger partial charge < -0.3 is 4.74 Å². The van der Waals surface area contributed by atoms with Gasteiger partial charge in [0.1, 0.15) is 5.82 Å². The van der Waals surface area contributed by atoms with Crippen LogP contribution in [-0.2, 0) is 14.6 Å². The summed E-state index contributed by atoms with van der Waals surface area (Å²) in [6.07, 6.45) is 0.734. The van der Waals surface area contributed by atoms with Crippen LogP contribution in [0.5, 0.6) is 0 Å². The van der Waals surface area contributed by atoms with E-state index in [1.807, 2.05) is 0 Å². The van der Waals surface area contributed by atoms with Crippen molar-refractivity contribution in [2.75, 3.05) is 50.0 Å². The summed E-state index contributed by atoms with van der Waals surface area (Å²) in [6, 6.07) is 10.4. The van der Waals surface area contributed by atoms with Crippen LogP contribution < -0.4 is 4.90 Å². The Bertz CT molecular complexity index is 1230. The molecule has 184 valence electrons. The first-order chi connectivity index (χ1) is 15.9. The number of sulfone groups is 1. The summed E-state index contributed by atoms with van der Waals surface area (Å²) < 4.78 is 43.9. The molecule has 7 nitrogen and oxygen atoms in total. The molecule has 1 amide bonds. The van der Waals surface area contributed by atoms with Crippen molar-refractivity contribution in [1.82, 2.24) is 9.88 Å². The summed E-state index contributed by atoms with van der Waals surface area (Å²) in [4.78, 5) is 22.1. The number of benzene rings is 2. The number of amides is 1. The summed E-state index contributed by atoms with van der Waals surface area (Å²) >= 11 is 1.26. The number of rotatable bonds is 8. The maximum Gasteiger partial charge on any atom is 0.260 e. The zero-order valence-electron chi connectivity index (χ0n) is 18.8. The SMILES string of the molecule is CCS(=O)(=O)c1ccc(C(=O)N(CCCN2CCOCC2)c2nc3ccc(F)cc3s2)cc1.Cl. The average Bonchev–Trinajstić information content (AvgIpc) is 3.25. The fraction of sp³-hybridized carbons (Fsp3) is 0.391. The molecule has 0 bridgehead atoms. The molecule has 34 heavy (non-hydrogen) atoms. The topological polar surface area (TPSA) is 79.8 Å². The van der Waals surface area contributed by atoms with Gasteiger partial charge in [0.25, 0.3) is 5.91 Å². The van der Waals surface area contributed by atoms with Crippen LogP contribution in [0, 0.1) is 5.82 Å². The zero-order chi connectivity index (χ0) is 23.4. The van der Waals surface area contributed by atoms with Crippen LogP contribution in [0.3, 0.4) is 0 Å². The van der Waals surface area contributed by atoms with Gasteiger partial charge in [-0.3, -0.25) is 14.6 Å². The van der Waals surface area contributed by atoms with Crippen LogP contribution in [0.4, 0.5) is 9.52 Å². The van der Waals surface area contributed by atoms with Gasteiger partial charge in [0, 0.05) is 31.7 Å². The van der Waals surface area contributed by atoms with E-state index in [0.717, 1.165) is 26.1 Å². The predicted octanol–water partition coefficient (Wildman–Crippen LogP) is 4.02. The molecule has 4 rings (SSSR count). The smallest absolute Gasteiger partial charge is 0.260 e. The van der Waals surface area contributed by atoms with Gasteiger partial charge in [0.15, 0.2) is 15.0 Å². The minimum atomic E-state index is -3.35. The second-order valence-corrected chi connectivity index (χ2v) is 11.1. The summed E-state index contributed by atoms with van der Waals surface area (Å²) in [5.41, 5.74) is 1.01. The number of thiazole rings is 1. The van der Waals surface area contributed by atoms with E-state index in [1.165, 1.54) is 47.7 Å². The first kappa shape index (κ1) is 26.5. The van der Waals surface area contributed by atoms with Crippen LogP contribution in [0.2, 0.25) is 0 Å². The molecule has 3 aromatic rings. The fourth-order valence-corrected chi connectivity index (χ4v) is 5.59. The molecule has 0 saturated carbocycles. The van der Waals surface area contributed by atoms with Gasteiger partial charge in [-0.25, -0.2) is 17.8 Å². The lowest BCUT2D eigenvalue weighted by molar-refractivity contribution is 0.0376. The highest BCUT2D eigenvalue weighted by Gasteiger charge is 2.23. The molecule has 0 N–H and O–H groups in total. The second-order valence-electron chi connectivity index (χ2n) is 7.80. The Balaban J connectivity index is 0.00000324. The number of hydrogen-bond donors (Lipinski definition) is 0. The number of carbonyl (C=O) groups is 1. The predicted molar refractivity (Wildman–Crippen MR) is 135 cm³/mol. The Morgan fingerprint density at radius 2 is 1.88 bits per heavy atom. The monoisotopic (exact) mass is 527 g/mol. The van der Waals surface area contributed by atoms with Crippen LogP contribution in [0.25, 0.3) is 10.2 Å². The third kappa shape index (κ3) is 6.11. The quantitative estimate of drug-likeness (QED) is 0.440. The van der Waals surface area contributed by atoms with Crippen molar-refractivity contribution in [3.8, 4) is 0 Å². The molecule has 11 heteroatoms. The summed E-state index contributed by atoms with van der Waals surface area (Å²) in [7, 11) is -3.35. The minimum Gasteiger partial charge on any atom is -0.379 e. The number of aromatic nitrogens is 1. The largest absolute Gasteiger partial charge is 0.379 e. The maximum atomic E-state index is 13.7. The third-order valence-electron chi connectivity index (χ3n) is 5.62. The van der Waals surface area contributed by atoms with Gasteiger partial charge in [0.2, 0.25) is 0 Å². The highest BCUT2D eigenvalue weighted by Crippen LogP contribution is 2.30. The van der Waals surface area contributed by atoms with Crippen molar-refractivity contribution in [1.29, 1.82) is 0 Å². The molecule has 2 heterocycles. The Labute approximate surface area is 208 Å². The second kappa shape index (κ2) is 11.5. The molecule has 0 radical (unpaired) electrons. The van der Waals surface area contributed by atoms with Crippen molar-refractivity contribution in [2.24, 2.45) is 0 Å². The Morgan fingerprint density at radius 1 is 1.18 bits per heavy atom. The molecular formula is C23H27ClFN3O4S2. The molecule has 0 unspecified atom stereocenters. The molecular weight excluding hydrogens is 501 g/mol. The van der Waals surface area contributed by atoms with Crippen LogP contribution in [-0.4, -0.2) is 69.4 Å². The Morgan fingerprint density at radius 3 is 2.56 bits per heavy atom. The van der Waals surface area contributed by atoms with Crippen molar-refractivity contribution in [3.63, 3.8) is 0 Å². The van der Waals surface area contributed by atoms with E-state index in [2.05, 4.69) is 9.88 Å². The maximum absolute atomic E-state index is 13.7. The van der Waals surface area contributed by atoms with E-state index in [1.54, 1.807) is 17.9 Å². The molecule has 1 aliphatic rings. The number of hydrogen-bond acceptors (Lipinski definition) is 7. The highest BCUT2D eigenvalue weighted by molar-refractivity contribution is 7.91. The lowest BCUT2D eigenvalue weighted by Gasteiger charge is -2.27. The van der Waals surface area contributed by atoms with Crippen molar-refractivity contribution in [2.45, 2.75) is 18.2 Å². The van der Waals surface area contributed by atoms with Crippen molar-refractivity contribution >= 4 is 54.8 Å². The third-order valence-corrected chi connectivity index (χ3v) is 8.41. The van der Waals surface area contributed by atoms with Gasteiger partial charge in [0.05, 0.1) is 34.1 Å². The Kier molecular flexibility index (Phi) is 9.00. The molecule has 1 aromatic heterocycles. The van der Waals surface area contributed by atoms with Gasteiger partial charge in [-0.2, -0.15) is 0 Å². The number of carbonyl (C=O) groups excluding carboxylic acids is 1. The summed E-state index contributed by atoms with van der Waals surface area (Å²) in [6.45, 7) is 5.98. The minimum absolute atomic E-state index is 0. The number of ether oxygens (including phenoxy) is 1. The van der Waals surface area contributed by atoms with E-state index in [-0.39, 0.29) is 34.8 Å². The molecule has 0 aliphatic carbocycles. The summed E-state index contributed by atoms with van der Waals surface area (Å²) in [5, 5.41) is 0.493. The van der Waals surface area contributed by atoms with Crippen LogP contribution in [0.15, 0.2) is 47.4 Å². The van der Waals surface area contributed by atoms with E-state index < -0.39 is 9.84 Å². The number of halogens is 2. The standard InChI is InChI=1S/C23H26FN3O4S2.ClH/c1-2-33(29,30)19-7-4-17(5-8-19)22(28)27(11-3-10-26-12-14-31-15-13-26)23-25-20-9-6-18(24)16-21(20)32-23;/h4-9,16H,2-3,10-15H2,1H3;1H. The van der Waals surface area contributed by atoms with E-state index >= 15 is 0 Å². The molecule has 0 spiro atoms. The number of anilines is 1. The highest BCUT2D eigenvalue weighted by atomic mass is 35.5. The first-order valence-electron chi connectivity index (χ1n) is 10.9. The van der Waals surface area contributed by atoms with E-state index in [9.17, 15) is 17.6 Å². The average molecular weight is 528 g/mol. The van der Waals surface area contributed by atoms with Crippen molar-refractivity contribution in [3.05, 3.63) is 53.8 Å². The Hall–Kier alpha value is -2.11. The van der Waals surface area contributed by atoms with Crippen molar-refractivity contribution < 1.29 is 22.3 Å². The number of morpholine rings is 1. The molecule has 2 aromatic carbocycles.